The molecule has 0 saturated carbocycles. The lowest BCUT2D eigenvalue weighted by atomic mass is 9.31. The summed E-state index contributed by atoms with van der Waals surface area (Å²) >= 11 is 3.84. The maximum absolute atomic E-state index is 2.71. The Morgan fingerprint density at radius 3 is 1.11 bits per heavy atom. The first-order chi connectivity index (χ1) is 54.6. The largest absolute Gasteiger partial charge is 0.311 e. The Labute approximate surface area is 651 Å². The molecule has 17 aromatic rings. The molecule has 0 bridgehead atoms. The lowest BCUT2D eigenvalue weighted by Gasteiger charge is -2.46. The zero-order valence-corrected chi connectivity index (χ0v) is 61.7. The van der Waals surface area contributed by atoms with Crippen molar-refractivity contribution in [3.05, 3.63) is 413 Å². The fraction of sp³-hybridized carbons (Fsp3) is 0. The van der Waals surface area contributed by atoms with Crippen molar-refractivity contribution < 1.29 is 0 Å². The number of para-hydroxylation sites is 5. The van der Waals surface area contributed by atoms with Gasteiger partial charge in [-0.3, -0.25) is 0 Å². The molecule has 0 spiro atoms. The molecule has 4 aliphatic rings. The Morgan fingerprint density at radius 1 is 0.209 bits per heavy atom. The first-order valence-corrected chi connectivity index (χ1v) is 39.4. The van der Waals surface area contributed by atoms with E-state index in [2.05, 4.69) is 432 Å². The fourth-order valence-electron chi connectivity index (χ4n) is 17.5. The second-order valence-electron chi connectivity index (χ2n) is 28.6. The normalized spacial score (nSPS) is 12.6. The van der Waals surface area contributed by atoms with E-state index < -0.39 is 0 Å². The smallest absolute Gasteiger partial charge is 0.252 e. The van der Waals surface area contributed by atoms with E-state index in [1.807, 2.05) is 23.5 Å². The van der Waals surface area contributed by atoms with Crippen LogP contribution in [0.5, 0.6) is 0 Å². The number of benzene rings is 17. The topological polar surface area (TPSA) is 13.0 Å². The second-order valence-corrected chi connectivity index (χ2v) is 30.7. The van der Waals surface area contributed by atoms with Crippen LogP contribution in [0.25, 0.3) is 66.8 Å². The molecule has 0 radical (unpaired) electrons. The number of anilines is 12. The molecule has 0 amide bonds. The molecule has 110 heavy (non-hydrogen) atoms. The molecule has 0 aromatic heterocycles. The molecular weight excluding hydrogens is 1370 g/mol. The van der Waals surface area contributed by atoms with Crippen molar-refractivity contribution in [3.8, 4) is 66.8 Å². The lowest BCUT2D eigenvalue weighted by Crippen LogP contribution is -2.64. The summed E-state index contributed by atoms with van der Waals surface area (Å²) in [6.45, 7) is -0.295. The minimum absolute atomic E-state index is 0.0809. The minimum atomic E-state index is -0.214. The van der Waals surface area contributed by atoms with Gasteiger partial charge in [0.15, 0.2) is 0 Å². The van der Waals surface area contributed by atoms with E-state index in [1.165, 1.54) is 69.0 Å². The summed E-state index contributed by atoms with van der Waals surface area (Å²) in [5, 5.41) is 0. The number of hydrogen-bond donors (Lipinski definition) is 0. The van der Waals surface area contributed by atoms with Crippen molar-refractivity contribution in [1.82, 2.24) is 0 Å². The van der Waals surface area contributed by atoms with E-state index in [-0.39, 0.29) is 13.4 Å². The van der Waals surface area contributed by atoms with Crippen molar-refractivity contribution in [2.24, 2.45) is 0 Å². The molecule has 4 heterocycles. The molecule has 514 valence electrons. The van der Waals surface area contributed by atoms with Crippen LogP contribution in [0, 0.1) is 0 Å². The van der Waals surface area contributed by atoms with Gasteiger partial charge in [-0.05, 0) is 157 Å². The fourth-order valence-corrected chi connectivity index (χ4v) is 20.0. The predicted octanol–water partition coefficient (Wildman–Crippen LogP) is 24.2. The zero-order valence-electron chi connectivity index (χ0n) is 60.0. The van der Waals surface area contributed by atoms with Crippen LogP contribution in [0.15, 0.2) is 432 Å². The highest BCUT2D eigenvalue weighted by molar-refractivity contribution is 8.01. The molecular formula is C102H68B2N4S2. The van der Waals surface area contributed by atoms with Crippen LogP contribution >= 0.6 is 23.5 Å². The van der Waals surface area contributed by atoms with E-state index in [9.17, 15) is 0 Å². The Kier molecular flexibility index (Phi) is 16.3. The average molecular weight is 1440 g/mol. The molecule has 0 unspecified atom stereocenters. The highest BCUT2D eigenvalue weighted by Crippen LogP contribution is 2.55. The van der Waals surface area contributed by atoms with Crippen LogP contribution in [-0.4, -0.2) is 13.4 Å². The summed E-state index contributed by atoms with van der Waals surface area (Å²) in [7, 11) is 0. The van der Waals surface area contributed by atoms with Crippen molar-refractivity contribution in [3.63, 3.8) is 0 Å². The van der Waals surface area contributed by atoms with Gasteiger partial charge in [0.05, 0.1) is 22.7 Å². The van der Waals surface area contributed by atoms with Crippen molar-refractivity contribution >= 4 is 138 Å². The van der Waals surface area contributed by atoms with Gasteiger partial charge in [-0.1, -0.05) is 356 Å². The van der Waals surface area contributed by atoms with E-state index in [0.717, 1.165) is 118 Å². The number of hydrogen-bond acceptors (Lipinski definition) is 6. The standard InChI is InChI=1S/C102H68B2N4S2/c1-8-31-69(32-9-1)71-55-59-78(60-56-71)105(90-51-26-22-45-82(90)73-35-12-3-13-36-73)80-63-94-100-95(64-80)108(102-84(75-39-16-5-17-40-75)47-30-48-85(102)76-41-18-6-19-42-76)93-68-97-89(67-88(93)103(100)86-49-24-28-53-92(86)107(94)77-43-20-7-21-44-77)104-87-50-25-29-54-96(87)109-98-65-81(66-99(110-97)101(98)104)106(79-61-57-72(58-62-79)70-33-10-2-11-34-70)91-52-27-23-46-83(91)74-37-14-4-15-38-74/h1-68H. The van der Waals surface area contributed by atoms with E-state index in [4.69, 9.17) is 0 Å². The van der Waals surface area contributed by atoms with E-state index in [0.29, 0.717) is 0 Å². The number of rotatable bonds is 14. The van der Waals surface area contributed by atoms with Gasteiger partial charge in [-0.25, -0.2) is 0 Å². The maximum atomic E-state index is 2.71. The molecule has 4 nitrogen and oxygen atoms in total. The SMILES string of the molecule is c1ccc(-c2ccc(N(c3cc4c5c(c3)Sc3cc6c(cc3B5c3ccccc3S4)B3c4ccccc4N(c4ccccc4)c4cc(N(c5ccc(-c7ccccc7)cc5)c5ccccc5-c5ccccc5)cc(c43)N6c3c(-c4ccccc4)cccc3-c3ccccc3)c3ccccc3-c3ccccc3)cc2)cc1. The summed E-state index contributed by atoms with van der Waals surface area (Å²) in [6.07, 6.45) is 0. The third kappa shape index (κ3) is 11.2. The van der Waals surface area contributed by atoms with Crippen LogP contribution in [0.3, 0.4) is 0 Å². The van der Waals surface area contributed by atoms with Crippen molar-refractivity contribution in [1.29, 1.82) is 0 Å². The predicted molar refractivity (Wildman–Crippen MR) is 468 cm³/mol. The monoisotopic (exact) mass is 1430 g/mol. The van der Waals surface area contributed by atoms with Crippen LogP contribution in [0.1, 0.15) is 0 Å². The van der Waals surface area contributed by atoms with Gasteiger partial charge < -0.3 is 19.6 Å². The number of fused-ring (bicyclic) bond motifs is 8. The maximum Gasteiger partial charge on any atom is 0.252 e. The molecule has 17 aromatic carbocycles. The number of nitrogens with zero attached hydrogens (tertiary/aromatic N) is 4. The van der Waals surface area contributed by atoms with Crippen LogP contribution in [-0.2, 0) is 0 Å². The first kappa shape index (κ1) is 65.1. The van der Waals surface area contributed by atoms with E-state index in [1.54, 1.807) is 0 Å². The Balaban J connectivity index is 0.852. The molecule has 0 saturated heterocycles. The van der Waals surface area contributed by atoms with Crippen molar-refractivity contribution in [2.45, 2.75) is 19.6 Å². The second kappa shape index (κ2) is 27.5. The van der Waals surface area contributed by atoms with Crippen molar-refractivity contribution in [2.75, 3.05) is 19.6 Å². The van der Waals surface area contributed by atoms with Gasteiger partial charge in [-0.2, -0.15) is 0 Å². The summed E-state index contributed by atoms with van der Waals surface area (Å²) in [5.74, 6) is 0. The Bertz CT molecular complexity index is 6300. The molecule has 0 aliphatic carbocycles. The summed E-state index contributed by atoms with van der Waals surface area (Å²) in [6, 6.07) is 154. The highest BCUT2D eigenvalue weighted by Gasteiger charge is 2.48. The van der Waals surface area contributed by atoms with Gasteiger partial charge >= 0.3 is 0 Å². The molecule has 0 atom stereocenters. The Hall–Kier alpha value is -13.2. The van der Waals surface area contributed by atoms with Crippen LogP contribution in [0.4, 0.5) is 68.2 Å². The molecule has 0 fully saturated rings. The minimum Gasteiger partial charge on any atom is -0.311 e. The zero-order chi connectivity index (χ0) is 72.6. The lowest BCUT2D eigenvalue weighted by molar-refractivity contribution is 1.22. The first-order valence-electron chi connectivity index (χ1n) is 37.8. The molecule has 4 aliphatic heterocycles. The quantitative estimate of drug-likeness (QED) is 0.0999. The summed E-state index contributed by atoms with van der Waals surface area (Å²) < 4.78 is 0. The third-order valence-corrected chi connectivity index (χ3v) is 24.6. The van der Waals surface area contributed by atoms with Gasteiger partial charge in [0, 0.05) is 87.3 Å². The van der Waals surface area contributed by atoms with Gasteiger partial charge in [0.25, 0.3) is 6.71 Å². The third-order valence-electron chi connectivity index (χ3n) is 22.3. The van der Waals surface area contributed by atoms with Crippen LogP contribution in [0.2, 0.25) is 0 Å². The van der Waals surface area contributed by atoms with Gasteiger partial charge in [0.1, 0.15) is 0 Å². The van der Waals surface area contributed by atoms with E-state index >= 15 is 0 Å². The van der Waals surface area contributed by atoms with Gasteiger partial charge in [0.2, 0.25) is 6.71 Å². The van der Waals surface area contributed by atoms with Crippen LogP contribution < -0.4 is 52.4 Å². The van der Waals surface area contributed by atoms with Gasteiger partial charge in [-0.15, -0.1) is 0 Å². The average Bonchev–Trinajstić information content (AvgIpc) is 0.683. The summed E-state index contributed by atoms with van der Waals surface area (Å²) in [4.78, 5) is 15.3. The molecule has 21 rings (SSSR count). The molecule has 0 N–H and O–H groups in total. The Morgan fingerprint density at radius 2 is 0.591 bits per heavy atom. The highest BCUT2D eigenvalue weighted by atomic mass is 32.2. The molecule has 8 heteroatoms. The summed E-state index contributed by atoms with van der Waals surface area (Å²) in [5.41, 5.74) is 34.7.